The van der Waals surface area contributed by atoms with Crippen LogP contribution in [0, 0.1) is 0 Å². The molecular formula is C22H12BrCl3N2O. The molecule has 0 atom stereocenters. The number of hydrogen-bond acceptors (Lipinski definition) is 2. The smallest absolute Gasteiger partial charge is 0.266 e. The Kier molecular flexibility index (Phi) is 5.79. The van der Waals surface area contributed by atoms with Gasteiger partial charge in [0.25, 0.3) is 5.91 Å². The normalized spacial score (nSPS) is 15.2. The summed E-state index contributed by atoms with van der Waals surface area (Å²) in [4.78, 5) is 19.5. The monoisotopic (exact) mass is 504 g/mol. The number of rotatable bonds is 3. The molecule has 1 amide bonds. The fraction of sp³-hybridized carbons (Fsp3) is 0. The van der Waals surface area contributed by atoms with Crippen molar-refractivity contribution in [2.45, 2.75) is 0 Å². The van der Waals surface area contributed by atoms with Gasteiger partial charge in [0.2, 0.25) is 0 Å². The van der Waals surface area contributed by atoms with Gasteiger partial charge in [-0.05, 0) is 72.3 Å². The quantitative estimate of drug-likeness (QED) is 0.345. The van der Waals surface area contributed by atoms with Crippen LogP contribution in [0.3, 0.4) is 0 Å². The predicted molar refractivity (Wildman–Crippen MR) is 124 cm³/mol. The highest BCUT2D eigenvalue weighted by Crippen LogP contribution is 2.31. The molecule has 1 aliphatic rings. The fourth-order valence-corrected chi connectivity index (χ4v) is 3.76. The van der Waals surface area contributed by atoms with E-state index in [1.54, 1.807) is 41.3 Å². The van der Waals surface area contributed by atoms with E-state index < -0.39 is 0 Å². The predicted octanol–water partition coefficient (Wildman–Crippen LogP) is 7.24. The summed E-state index contributed by atoms with van der Waals surface area (Å²) in [6.45, 7) is 0. The first-order valence-corrected chi connectivity index (χ1v) is 10.5. The van der Waals surface area contributed by atoms with Gasteiger partial charge in [-0.15, -0.1) is 0 Å². The Morgan fingerprint density at radius 2 is 1.52 bits per heavy atom. The summed E-state index contributed by atoms with van der Waals surface area (Å²) in [7, 11) is 0. The summed E-state index contributed by atoms with van der Waals surface area (Å²) < 4.78 is 0.918. The Balaban J connectivity index is 1.83. The number of anilines is 1. The van der Waals surface area contributed by atoms with Crippen LogP contribution in [0.15, 0.2) is 81.9 Å². The standard InChI is InChI=1S/C22H12BrCl3N2O/c23-15-4-9-18(10-5-15)28-21(13-1-6-16(24)7-2-13)27-20(22(28)29)11-14-3-8-17(25)12-19(14)26/h1-12H/b20-11+. The molecule has 0 unspecified atom stereocenters. The second kappa shape index (κ2) is 8.33. The van der Waals surface area contributed by atoms with Crippen LogP contribution in [0.25, 0.3) is 6.08 Å². The van der Waals surface area contributed by atoms with Crippen LogP contribution < -0.4 is 4.90 Å². The van der Waals surface area contributed by atoms with Gasteiger partial charge >= 0.3 is 0 Å². The van der Waals surface area contributed by atoms with Crippen molar-refractivity contribution >= 4 is 74.2 Å². The van der Waals surface area contributed by atoms with Crippen LogP contribution in [0.2, 0.25) is 15.1 Å². The van der Waals surface area contributed by atoms with E-state index in [0.717, 1.165) is 10.0 Å². The van der Waals surface area contributed by atoms with E-state index in [9.17, 15) is 4.79 Å². The number of halogens is 4. The molecule has 0 bridgehead atoms. The Morgan fingerprint density at radius 3 is 2.17 bits per heavy atom. The molecule has 3 aromatic rings. The van der Waals surface area contributed by atoms with Crippen LogP contribution in [-0.4, -0.2) is 11.7 Å². The minimum absolute atomic E-state index is 0.247. The largest absolute Gasteiger partial charge is 0.282 e. The summed E-state index contributed by atoms with van der Waals surface area (Å²) in [5.74, 6) is 0.272. The first kappa shape index (κ1) is 20.2. The lowest BCUT2D eigenvalue weighted by atomic mass is 10.1. The highest BCUT2D eigenvalue weighted by atomic mass is 79.9. The molecule has 7 heteroatoms. The maximum Gasteiger partial charge on any atom is 0.282 e. The van der Waals surface area contributed by atoms with Crippen LogP contribution in [0.1, 0.15) is 11.1 Å². The molecule has 0 aliphatic carbocycles. The Hall–Kier alpha value is -2.11. The highest BCUT2D eigenvalue weighted by molar-refractivity contribution is 9.10. The first-order valence-electron chi connectivity index (χ1n) is 8.54. The fourth-order valence-electron chi connectivity index (χ4n) is 2.90. The lowest BCUT2D eigenvalue weighted by molar-refractivity contribution is -0.113. The number of hydrogen-bond donors (Lipinski definition) is 0. The summed E-state index contributed by atoms with van der Waals surface area (Å²) in [6, 6.07) is 19.8. The van der Waals surface area contributed by atoms with Gasteiger partial charge in [0, 0.05) is 25.1 Å². The van der Waals surface area contributed by atoms with Crippen molar-refractivity contribution in [1.82, 2.24) is 0 Å². The molecule has 29 heavy (non-hydrogen) atoms. The number of carbonyl (C=O) groups excluding carboxylic acids is 1. The van der Waals surface area contributed by atoms with Crippen molar-refractivity contribution in [2.24, 2.45) is 4.99 Å². The van der Waals surface area contributed by atoms with Crippen molar-refractivity contribution in [3.63, 3.8) is 0 Å². The molecule has 4 rings (SSSR count). The lowest BCUT2D eigenvalue weighted by Crippen LogP contribution is -2.32. The average molecular weight is 507 g/mol. The molecule has 0 radical (unpaired) electrons. The van der Waals surface area contributed by atoms with Crippen LogP contribution in [0.5, 0.6) is 0 Å². The third-order valence-electron chi connectivity index (χ3n) is 4.30. The van der Waals surface area contributed by atoms with E-state index in [1.807, 2.05) is 36.4 Å². The van der Waals surface area contributed by atoms with Crippen LogP contribution >= 0.6 is 50.7 Å². The van der Waals surface area contributed by atoms with Gasteiger partial charge in [0.1, 0.15) is 11.5 Å². The number of carbonyl (C=O) groups is 1. The van der Waals surface area contributed by atoms with Crippen LogP contribution in [-0.2, 0) is 4.79 Å². The summed E-state index contributed by atoms with van der Waals surface area (Å²) in [6.07, 6.45) is 1.66. The van der Waals surface area contributed by atoms with E-state index in [2.05, 4.69) is 20.9 Å². The summed E-state index contributed by atoms with van der Waals surface area (Å²) in [5.41, 5.74) is 2.42. The molecule has 0 aromatic heterocycles. The second-order valence-corrected chi connectivity index (χ2v) is 8.45. The zero-order chi connectivity index (χ0) is 20.5. The number of amidine groups is 1. The third kappa shape index (κ3) is 4.26. The van der Waals surface area contributed by atoms with Crippen molar-refractivity contribution in [2.75, 3.05) is 4.90 Å². The van der Waals surface area contributed by atoms with Gasteiger partial charge in [-0.3, -0.25) is 9.69 Å². The van der Waals surface area contributed by atoms with E-state index in [-0.39, 0.29) is 11.6 Å². The zero-order valence-electron chi connectivity index (χ0n) is 14.7. The van der Waals surface area contributed by atoms with Gasteiger partial charge in [0.05, 0.1) is 5.69 Å². The van der Waals surface area contributed by atoms with Crippen molar-refractivity contribution in [3.8, 4) is 0 Å². The third-order valence-corrected chi connectivity index (χ3v) is 5.65. The molecule has 3 nitrogen and oxygen atoms in total. The maximum atomic E-state index is 13.3. The van der Waals surface area contributed by atoms with E-state index in [0.29, 0.717) is 32.2 Å². The Morgan fingerprint density at radius 1 is 0.862 bits per heavy atom. The minimum Gasteiger partial charge on any atom is -0.266 e. The molecule has 0 saturated carbocycles. The van der Waals surface area contributed by atoms with Crippen LogP contribution in [0.4, 0.5) is 5.69 Å². The van der Waals surface area contributed by atoms with Crippen molar-refractivity contribution in [1.29, 1.82) is 0 Å². The van der Waals surface area contributed by atoms with Gasteiger partial charge in [-0.25, -0.2) is 4.99 Å². The lowest BCUT2D eigenvalue weighted by Gasteiger charge is -2.18. The second-order valence-electron chi connectivity index (χ2n) is 6.25. The molecule has 0 saturated heterocycles. The SMILES string of the molecule is O=C1/C(=C\c2ccc(Cl)cc2Cl)N=C(c2ccc(Cl)cc2)N1c1ccc(Br)cc1. The number of amides is 1. The first-order chi connectivity index (χ1) is 13.9. The zero-order valence-corrected chi connectivity index (χ0v) is 18.6. The molecular weight excluding hydrogens is 495 g/mol. The molecule has 1 heterocycles. The van der Waals surface area contributed by atoms with Gasteiger partial charge in [0.15, 0.2) is 0 Å². The highest BCUT2D eigenvalue weighted by Gasteiger charge is 2.32. The Bertz CT molecular complexity index is 1160. The molecule has 0 N–H and O–H groups in total. The van der Waals surface area contributed by atoms with E-state index >= 15 is 0 Å². The van der Waals surface area contributed by atoms with Gasteiger partial charge in [-0.1, -0.05) is 56.8 Å². The summed E-state index contributed by atoms with van der Waals surface area (Å²) >= 11 is 21.7. The van der Waals surface area contributed by atoms with Crippen molar-refractivity contribution in [3.05, 3.63) is 103 Å². The minimum atomic E-state index is -0.247. The molecule has 144 valence electrons. The molecule has 3 aromatic carbocycles. The van der Waals surface area contributed by atoms with Gasteiger partial charge < -0.3 is 0 Å². The maximum absolute atomic E-state index is 13.3. The molecule has 1 aliphatic heterocycles. The van der Waals surface area contributed by atoms with Gasteiger partial charge in [-0.2, -0.15) is 0 Å². The molecule has 0 fully saturated rings. The number of nitrogens with zero attached hydrogens (tertiary/aromatic N) is 2. The molecule has 0 spiro atoms. The number of aliphatic imine (C=N–C) groups is 1. The summed E-state index contributed by atoms with van der Waals surface area (Å²) in [5, 5.41) is 1.58. The number of benzene rings is 3. The van der Waals surface area contributed by atoms with E-state index in [4.69, 9.17) is 34.8 Å². The Labute approximate surface area is 191 Å². The topological polar surface area (TPSA) is 32.7 Å². The average Bonchev–Trinajstić information content (AvgIpc) is 3.01. The van der Waals surface area contributed by atoms with Crippen molar-refractivity contribution < 1.29 is 4.79 Å². The van der Waals surface area contributed by atoms with E-state index in [1.165, 1.54) is 0 Å².